The fourth-order valence-corrected chi connectivity index (χ4v) is 7.33. The molecule has 2 bridgehead atoms. The van der Waals surface area contributed by atoms with E-state index < -0.39 is 35.0 Å². The summed E-state index contributed by atoms with van der Waals surface area (Å²) in [6.07, 6.45) is 7.97. The molecule has 3 heterocycles. The molecule has 3 aliphatic heterocycles. The van der Waals surface area contributed by atoms with Crippen LogP contribution in [0, 0.1) is 11.8 Å². The van der Waals surface area contributed by atoms with E-state index in [4.69, 9.17) is 9.47 Å². The van der Waals surface area contributed by atoms with Gasteiger partial charge in [-0.1, -0.05) is 55.3 Å². The number of nitrogens with zero attached hydrogens (tertiary/aromatic N) is 2. The SMILES string of the molecule is C=CCCOC(=O)[C@@H]1[C@H]2C(=O)N(CCCCCCO)C(C(=O)N(CC=C)c3ccc4ccccc4c3)C23CC[C@@]1(C)O3. The molecule has 42 heavy (non-hydrogen) atoms. The van der Waals surface area contributed by atoms with Crippen molar-refractivity contribution in [2.45, 2.75) is 69.1 Å². The number of amides is 2. The van der Waals surface area contributed by atoms with E-state index in [1.807, 2.05) is 49.4 Å². The van der Waals surface area contributed by atoms with Crippen LogP contribution in [0.15, 0.2) is 67.8 Å². The van der Waals surface area contributed by atoms with Gasteiger partial charge in [0, 0.05) is 25.4 Å². The second kappa shape index (κ2) is 12.4. The van der Waals surface area contributed by atoms with E-state index in [0.717, 1.165) is 23.6 Å². The number of likely N-dealkylation sites (tertiary alicyclic amines) is 1. The Morgan fingerprint density at radius 1 is 1.10 bits per heavy atom. The van der Waals surface area contributed by atoms with E-state index in [1.165, 1.54) is 0 Å². The van der Waals surface area contributed by atoms with Crippen molar-refractivity contribution < 1.29 is 29.0 Å². The largest absolute Gasteiger partial charge is 0.465 e. The van der Waals surface area contributed by atoms with Crippen LogP contribution < -0.4 is 4.90 Å². The van der Waals surface area contributed by atoms with Crippen LogP contribution >= 0.6 is 0 Å². The summed E-state index contributed by atoms with van der Waals surface area (Å²) in [5, 5.41) is 11.3. The Labute approximate surface area is 248 Å². The third-order valence-corrected chi connectivity index (χ3v) is 9.26. The average molecular weight is 575 g/mol. The normalized spacial score (nSPS) is 27.7. The van der Waals surface area contributed by atoms with Crippen molar-refractivity contribution in [3.63, 3.8) is 0 Å². The minimum Gasteiger partial charge on any atom is -0.465 e. The Hall–Kier alpha value is -3.49. The molecule has 224 valence electrons. The fourth-order valence-electron chi connectivity index (χ4n) is 7.33. The Morgan fingerprint density at radius 3 is 2.60 bits per heavy atom. The van der Waals surface area contributed by atoms with E-state index in [-0.39, 0.29) is 31.6 Å². The van der Waals surface area contributed by atoms with Gasteiger partial charge in [0.05, 0.1) is 18.1 Å². The van der Waals surface area contributed by atoms with Crippen LogP contribution in [0.5, 0.6) is 0 Å². The highest BCUT2D eigenvalue weighted by atomic mass is 16.6. The van der Waals surface area contributed by atoms with Gasteiger partial charge in [0.1, 0.15) is 17.6 Å². The van der Waals surface area contributed by atoms with Crippen LogP contribution in [0.25, 0.3) is 10.8 Å². The third kappa shape index (κ3) is 5.15. The van der Waals surface area contributed by atoms with Gasteiger partial charge in [-0.25, -0.2) is 0 Å². The fraction of sp³-hybridized carbons (Fsp3) is 0.500. The first-order valence-corrected chi connectivity index (χ1v) is 15.1. The van der Waals surface area contributed by atoms with Crippen LogP contribution in [0.2, 0.25) is 0 Å². The lowest BCUT2D eigenvalue weighted by Gasteiger charge is -2.37. The van der Waals surface area contributed by atoms with Gasteiger partial charge in [-0.3, -0.25) is 14.4 Å². The number of carbonyl (C=O) groups is 3. The molecule has 8 heteroatoms. The number of rotatable bonds is 14. The topological polar surface area (TPSA) is 96.4 Å². The number of unbranched alkanes of at least 4 members (excludes halogenated alkanes) is 3. The maximum absolute atomic E-state index is 14.7. The molecule has 8 nitrogen and oxygen atoms in total. The lowest BCUT2D eigenvalue weighted by atomic mass is 9.66. The summed E-state index contributed by atoms with van der Waals surface area (Å²) in [4.78, 5) is 45.8. The quantitative estimate of drug-likeness (QED) is 0.198. The van der Waals surface area contributed by atoms with Gasteiger partial charge in [-0.05, 0) is 61.9 Å². The van der Waals surface area contributed by atoms with Crippen LogP contribution in [0.1, 0.15) is 51.9 Å². The number of aliphatic hydroxyl groups excluding tert-OH is 1. The van der Waals surface area contributed by atoms with Crippen LogP contribution in [0.4, 0.5) is 5.69 Å². The molecule has 5 atom stereocenters. The molecule has 2 aromatic carbocycles. The van der Waals surface area contributed by atoms with Crippen molar-refractivity contribution in [3.05, 3.63) is 67.8 Å². The second-order valence-corrected chi connectivity index (χ2v) is 11.9. The van der Waals surface area contributed by atoms with Crippen LogP contribution in [-0.2, 0) is 23.9 Å². The Bertz CT molecular complexity index is 1360. The van der Waals surface area contributed by atoms with Crippen molar-refractivity contribution >= 4 is 34.2 Å². The Morgan fingerprint density at radius 2 is 1.86 bits per heavy atom. The number of benzene rings is 2. The van der Waals surface area contributed by atoms with Gasteiger partial charge in [0.25, 0.3) is 5.91 Å². The molecule has 2 aromatic rings. The van der Waals surface area contributed by atoms with Gasteiger partial charge in [0.15, 0.2) is 0 Å². The maximum Gasteiger partial charge on any atom is 0.312 e. The lowest BCUT2D eigenvalue weighted by Crippen LogP contribution is -2.56. The Kier molecular flexibility index (Phi) is 8.85. The minimum atomic E-state index is -1.12. The first kappa shape index (κ1) is 30.0. The number of esters is 1. The van der Waals surface area contributed by atoms with E-state index in [9.17, 15) is 19.5 Å². The van der Waals surface area contributed by atoms with Crippen LogP contribution in [-0.4, -0.2) is 71.3 Å². The molecule has 0 radical (unpaired) electrons. The standard InChI is InChI=1S/C34H42N2O6/c1-4-6-22-41-32(40)28-27-30(38)36(20-11-7-8-12-21-37)29(34(27)18-17-33(28,3)42-34)31(39)35(19-5-2)26-16-15-24-13-9-10-14-25(24)23-26/h4-5,9-10,13-16,23,27-29,37H,1-2,6-8,11-12,17-22H2,3H3/t27-,28-,29?,33+,34?/m0/s1. The zero-order valence-corrected chi connectivity index (χ0v) is 24.5. The van der Waals surface area contributed by atoms with Crippen molar-refractivity contribution in [2.24, 2.45) is 11.8 Å². The number of hydrogen-bond acceptors (Lipinski definition) is 6. The van der Waals surface area contributed by atoms with E-state index in [1.54, 1.807) is 22.0 Å². The summed E-state index contributed by atoms with van der Waals surface area (Å²) in [5.41, 5.74) is -1.29. The first-order chi connectivity index (χ1) is 20.3. The summed E-state index contributed by atoms with van der Waals surface area (Å²) in [6.45, 7) is 10.4. The van der Waals surface area contributed by atoms with E-state index in [0.29, 0.717) is 44.3 Å². The number of carbonyl (C=O) groups excluding carboxylic acids is 3. The molecule has 2 unspecified atom stereocenters. The molecule has 3 fully saturated rings. The van der Waals surface area contributed by atoms with Gasteiger partial charge in [0.2, 0.25) is 5.91 Å². The second-order valence-electron chi connectivity index (χ2n) is 11.9. The Balaban J connectivity index is 1.52. The molecule has 0 saturated carbocycles. The zero-order valence-electron chi connectivity index (χ0n) is 24.5. The van der Waals surface area contributed by atoms with Gasteiger partial charge >= 0.3 is 5.97 Å². The molecule has 0 aromatic heterocycles. The van der Waals surface area contributed by atoms with Gasteiger partial charge < -0.3 is 24.4 Å². The summed E-state index contributed by atoms with van der Waals surface area (Å²) in [5.74, 6) is -2.48. The predicted octanol–water partition coefficient (Wildman–Crippen LogP) is 4.80. The monoisotopic (exact) mass is 574 g/mol. The van der Waals surface area contributed by atoms with E-state index >= 15 is 0 Å². The molecule has 1 N–H and O–H groups in total. The highest BCUT2D eigenvalue weighted by Gasteiger charge is 2.78. The van der Waals surface area contributed by atoms with Crippen molar-refractivity contribution in [1.82, 2.24) is 4.90 Å². The molecule has 1 spiro atoms. The number of hydrogen-bond donors (Lipinski definition) is 1. The van der Waals surface area contributed by atoms with Crippen molar-refractivity contribution in [2.75, 3.05) is 31.2 Å². The molecule has 2 amide bonds. The highest BCUT2D eigenvalue weighted by Crippen LogP contribution is 2.63. The summed E-state index contributed by atoms with van der Waals surface area (Å²) < 4.78 is 12.3. The van der Waals surface area contributed by atoms with Gasteiger partial charge in [-0.15, -0.1) is 13.2 Å². The molecule has 3 saturated heterocycles. The zero-order chi connectivity index (χ0) is 29.9. The molecular formula is C34H42N2O6. The smallest absolute Gasteiger partial charge is 0.312 e. The van der Waals surface area contributed by atoms with Gasteiger partial charge in [-0.2, -0.15) is 0 Å². The van der Waals surface area contributed by atoms with Crippen molar-refractivity contribution in [3.8, 4) is 0 Å². The third-order valence-electron chi connectivity index (χ3n) is 9.26. The summed E-state index contributed by atoms with van der Waals surface area (Å²) in [6, 6.07) is 13.0. The average Bonchev–Trinajstić information content (AvgIpc) is 3.56. The predicted molar refractivity (Wildman–Crippen MR) is 162 cm³/mol. The maximum atomic E-state index is 14.7. The molecule has 5 rings (SSSR count). The summed E-state index contributed by atoms with van der Waals surface area (Å²) in [7, 11) is 0. The number of aliphatic hydroxyl groups is 1. The molecular weight excluding hydrogens is 532 g/mol. The first-order valence-electron chi connectivity index (χ1n) is 15.1. The lowest BCUT2D eigenvalue weighted by molar-refractivity contribution is -0.159. The number of fused-ring (bicyclic) bond motifs is 2. The highest BCUT2D eigenvalue weighted by molar-refractivity contribution is 6.05. The van der Waals surface area contributed by atoms with E-state index in [2.05, 4.69) is 13.2 Å². The van der Waals surface area contributed by atoms with Crippen LogP contribution in [0.3, 0.4) is 0 Å². The summed E-state index contributed by atoms with van der Waals surface area (Å²) >= 11 is 0. The minimum absolute atomic E-state index is 0.124. The number of anilines is 1. The van der Waals surface area contributed by atoms with Crippen molar-refractivity contribution in [1.29, 1.82) is 0 Å². The number of ether oxygens (including phenoxy) is 2. The molecule has 3 aliphatic rings. The molecule has 0 aliphatic carbocycles.